The van der Waals surface area contributed by atoms with Gasteiger partial charge in [-0.15, -0.1) is 0 Å². The number of nitro groups is 1. The lowest BCUT2D eigenvalue weighted by molar-refractivity contribution is -0.480. The first kappa shape index (κ1) is 13.4. The number of hydrogen-bond acceptors (Lipinski definition) is 2. The van der Waals surface area contributed by atoms with E-state index in [1.54, 1.807) is 0 Å². The Labute approximate surface area is 87.0 Å². The fraction of sp³-hybridized carbons (Fsp3) is 0.909. The van der Waals surface area contributed by atoms with Gasteiger partial charge in [0.15, 0.2) is 0 Å². The fourth-order valence-electron chi connectivity index (χ4n) is 1.48. The van der Waals surface area contributed by atoms with E-state index in [4.69, 9.17) is 0 Å². The quantitative estimate of drug-likeness (QED) is 0.307. The lowest BCUT2D eigenvalue weighted by Crippen LogP contribution is -1.99. The van der Waals surface area contributed by atoms with Gasteiger partial charge in [0.1, 0.15) is 0 Å². The molecule has 0 atom stereocenters. The van der Waals surface area contributed by atoms with Crippen LogP contribution >= 0.6 is 0 Å². The van der Waals surface area contributed by atoms with Crippen LogP contribution in [0.2, 0.25) is 0 Å². The average Bonchev–Trinajstić information content (AvgIpc) is 2.15. The molecule has 0 aromatic carbocycles. The Morgan fingerprint density at radius 3 is 1.71 bits per heavy atom. The molecule has 0 fully saturated rings. The molecule has 0 amide bonds. The molecule has 0 N–H and O–H groups in total. The molecule has 3 heteroatoms. The van der Waals surface area contributed by atoms with Crippen molar-refractivity contribution in [3.8, 4) is 0 Å². The van der Waals surface area contributed by atoms with E-state index in [2.05, 4.69) is 6.92 Å². The second-order valence-electron chi connectivity index (χ2n) is 3.74. The van der Waals surface area contributed by atoms with Gasteiger partial charge in [-0.1, -0.05) is 51.9 Å². The van der Waals surface area contributed by atoms with Crippen molar-refractivity contribution in [3.05, 3.63) is 17.0 Å². The van der Waals surface area contributed by atoms with Gasteiger partial charge < -0.3 is 0 Å². The lowest BCUT2D eigenvalue weighted by atomic mass is 10.1. The summed E-state index contributed by atoms with van der Waals surface area (Å²) in [4.78, 5) is 9.78. The monoisotopic (exact) mass is 200 g/mol. The average molecular weight is 200 g/mol. The summed E-state index contributed by atoms with van der Waals surface area (Å²) >= 11 is 0. The van der Waals surface area contributed by atoms with E-state index < -0.39 is 0 Å². The fourth-order valence-corrected chi connectivity index (χ4v) is 1.48. The van der Waals surface area contributed by atoms with Crippen molar-refractivity contribution >= 4 is 0 Å². The minimum absolute atomic E-state index is 0.140. The number of nitrogens with zero attached hydrogens (tertiary/aromatic N) is 1. The predicted octanol–water partition coefficient (Wildman–Crippen LogP) is 3.61. The normalized spacial score (nSPS) is 10.4. The van der Waals surface area contributed by atoms with Crippen LogP contribution in [-0.4, -0.2) is 11.5 Å². The molecular formula is C11H22NO2. The maximum Gasteiger partial charge on any atom is 0.203 e. The molecule has 0 aromatic rings. The summed E-state index contributed by atoms with van der Waals surface area (Å²) in [5, 5.41) is 10.0. The second-order valence-corrected chi connectivity index (χ2v) is 3.74. The van der Waals surface area contributed by atoms with Gasteiger partial charge in [-0.3, -0.25) is 10.1 Å². The zero-order valence-electron chi connectivity index (χ0n) is 9.04. The van der Waals surface area contributed by atoms with Crippen LogP contribution in [0.3, 0.4) is 0 Å². The molecule has 1 radical (unpaired) electrons. The van der Waals surface area contributed by atoms with E-state index in [1.807, 2.05) is 0 Å². The van der Waals surface area contributed by atoms with Gasteiger partial charge in [0.25, 0.3) is 0 Å². The molecule has 0 aliphatic carbocycles. The highest BCUT2D eigenvalue weighted by molar-refractivity contribution is 4.47. The molecule has 0 rings (SSSR count). The lowest BCUT2D eigenvalue weighted by Gasteiger charge is -1.99. The van der Waals surface area contributed by atoms with Crippen molar-refractivity contribution in [2.75, 3.05) is 6.54 Å². The highest BCUT2D eigenvalue weighted by atomic mass is 16.6. The van der Waals surface area contributed by atoms with E-state index in [1.165, 1.54) is 32.1 Å². The van der Waals surface area contributed by atoms with Crippen LogP contribution in [0.25, 0.3) is 0 Å². The van der Waals surface area contributed by atoms with Crippen molar-refractivity contribution in [2.24, 2.45) is 0 Å². The molecule has 0 aliphatic rings. The Balaban J connectivity index is 2.88. The summed E-state index contributed by atoms with van der Waals surface area (Å²) in [6.07, 6.45) is 10.3. The molecule has 14 heavy (non-hydrogen) atoms. The first-order valence-electron chi connectivity index (χ1n) is 5.68. The van der Waals surface area contributed by atoms with Crippen molar-refractivity contribution < 1.29 is 4.92 Å². The number of unbranched alkanes of at least 4 members (excludes halogenated alkanes) is 8. The molecule has 0 unspecified atom stereocenters. The minimum Gasteiger partial charge on any atom is -0.265 e. The van der Waals surface area contributed by atoms with Crippen LogP contribution in [0.1, 0.15) is 57.8 Å². The van der Waals surface area contributed by atoms with Crippen LogP contribution < -0.4 is 0 Å². The zero-order chi connectivity index (χ0) is 10.6. The van der Waals surface area contributed by atoms with E-state index >= 15 is 0 Å². The van der Waals surface area contributed by atoms with Crippen molar-refractivity contribution in [1.29, 1.82) is 0 Å². The SMILES string of the molecule is [CH2]CCCCCCCCCC[N+](=O)[O-]. The maximum atomic E-state index is 10.0. The molecule has 0 bridgehead atoms. The summed E-state index contributed by atoms with van der Waals surface area (Å²) in [6, 6.07) is 0. The summed E-state index contributed by atoms with van der Waals surface area (Å²) in [7, 11) is 0. The van der Waals surface area contributed by atoms with Gasteiger partial charge in [0.2, 0.25) is 6.54 Å². The van der Waals surface area contributed by atoms with Crippen LogP contribution in [0.4, 0.5) is 0 Å². The Bertz CT molecular complexity index is 137. The van der Waals surface area contributed by atoms with E-state index in [-0.39, 0.29) is 11.5 Å². The highest BCUT2D eigenvalue weighted by Crippen LogP contribution is 2.09. The van der Waals surface area contributed by atoms with E-state index in [0.717, 1.165) is 25.7 Å². The highest BCUT2D eigenvalue weighted by Gasteiger charge is 1.96. The predicted molar refractivity (Wildman–Crippen MR) is 58.8 cm³/mol. The third-order valence-corrected chi connectivity index (χ3v) is 2.34. The first-order chi connectivity index (χ1) is 6.77. The Morgan fingerprint density at radius 1 is 0.857 bits per heavy atom. The first-order valence-corrected chi connectivity index (χ1v) is 5.68. The van der Waals surface area contributed by atoms with Gasteiger partial charge in [0.05, 0.1) is 0 Å². The molecule has 0 aromatic heterocycles. The molecular weight excluding hydrogens is 178 g/mol. The van der Waals surface area contributed by atoms with E-state index in [9.17, 15) is 10.1 Å². The zero-order valence-corrected chi connectivity index (χ0v) is 9.04. The summed E-state index contributed by atoms with van der Waals surface area (Å²) in [6.45, 7) is 3.94. The van der Waals surface area contributed by atoms with Crippen LogP contribution in [0, 0.1) is 17.0 Å². The van der Waals surface area contributed by atoms with Crippen LogP contribution in [0.15, 0.2) is 0 Å². The van der Waals surface area contributed by atoms with Crippen molar-refractivity contribution in [1.82, 2.24) is 0 Å². The molecule has 0 spiro atoms. The molecule has 0 aliphatic heterocycles. The van der Waals surface area contributed by atoms with Gasteiger partial charge in [-0.25, -0.2) is 0 Å². The van der Waals surface area contributed by atoms with Gasteiger partial charge in [0, 0.05) is 11.3 Å². The third-order valence-electron chi connectivity index (χ3n) is 2.34. The third kappa shape index (κ3) is 11.4. The Kier molecular flexibility index (Phi) is 10.0. The summed E-state index contributed by atoms with van der Waals surface area (Å²) in [5.41, 5.74) is 0. The molecule has 0 saturated heterocycles. The number of rotatable bonds is 10. The summed E-state index contributed by atoms with van der Waals surface area (Å²) < 4.78 is 0. The largest absolute Gasteiger partial charge is 0.265 e. The molecule has 83 valence electrons. The molecule has 0 heterocycles. The van der Waals surface area contributed by atoms with E-state index in [0.29, 0.717) is 0 Å². The standard InChI is InChI=1S/C11H22NO2/c1-2-3-4-5-6-7-8-9-10-11-12(13)14/h1-11H2. The topological polar surface area (TPSA) is 43.1 Å². The Morgan fingerprint density at radius 2 is 1.29 bits per heavy atom. The number of hydrogen-bond donors (Lipinski definition) is 0. The van der Waals surface area contributed by atoms with Gasteiger partial charge >= 0.3 is 0 Å². The maximum absolute atomic E-state index is 10.0. The van der Waals surface area contributed by atoms with Gasteiger partial charge in [-0.2, -0.15) is 0 Å². The molecule has 0 saturated carbocycles. The van der Waals surface area contributed by atoms with Crippen molar-refractivity contribution in [3.63, 3.8) is 0 Å². The smallest absolute Gasteiger partial charge is 0.203 e. The molecule has 3 nitrogen and oxygen atoms in total. The van der Waals surface area contributed by atoms with Crippen LogP contribution in [0.5, 0.6) is 0 Å². The van der Waals surface area contributed by atoms with Crippen LogP contribution in [-0.2, 0) is 0 Å². The Hall–Kier alpha value is -0.600. The van der Waals surface area contributed by atoms with Gasteiger partial charge in [-0.05, 0) is 6.42 Å². The second kappa shape index (κ2) is 10.5. The summed E-state index contributed by atoms with van der Waals surface area (Å²) in [5.74, 6) is 0. The minimum atomic E-state index is -0.228. The van der Waals surface area contributed by atoms with Crippen molar-refractivity contribution in [2.45, 2.75) is 57.8 Å².